The smallest absolute Gasteiger partial charge is 0.246 e. The molecule has 1 fully saturated rings. The zero-order chi connectivity index (χ0) is 19.4. The van der Waals surface area contributed by atoms with E-state index in [9.17, 15) is 9.59 Å². The zero-order valence-corrected chi connectivity index (χ0v) is 16.5. The molecule has 0 radical (unpaired) electrons. The Morgan fingerprint density at radius 3 is 2.52 bits per heavy atom. The number of nitrogens with zero attached hydrogens (tertiary/aromatic N) is 3. The van der Waals surface area contributed by atoms with E-state index in [4.69, 9.17) is 4.74 Å². The van der Waals surface area contributed by atoms with Crippen LogP contribution in [-0.2, 0) is 14.3 Å². The Bertz CT molecular complexity index is 824. The van der Waals surface area contributed by atoms with E-state index >= 15 is 0 Å². The van der Waals surface area contributed by atoms with Crippen LogP contribution in [-0.4, -0.2) is 47.0 Å². The number of ether oxygens (including phenoxy) is 1. The first-order valence-corrected chi connectivity index (χ1v) is 9.75. The molecule has 0 bridgehead atoms. The summed E-state index contributed by atoms with van der Waals surface area (Å²) in [5.74, 6) is -0.170. The number of rotatable bonds is 4. The number of para-hydroxylation sites is 1. The van der Waals surface area contributed by atoms with Gasteiger partial charge >= 0.3 is 0 Å². The van der Waals surface area contributed by atoms with Crippen molar-refractivity contribution in [1.82, 2.24) is 9.88 Å². The maximum atomic E-state index is 12.4. The lowest BCUT2D eigenvalue weighted by Gasteiger charge is -2.34. The molecule has 2 aromatic rings. The fourth-order valence-electron chi connectivity index (χ4n) is 3.08. The Morgan fingerprint density at radius 1 is 1.22 bits per heavy atom. The molecule has 0 saturated carbocycles. The van der Waals surface area contributed by atoms with E-state index in [1.54, 1.807) is 15.9 Å². The second-order valence-electron chi connectivity index (χ2n) is 6.58. The van der Waals surface area contributed by atoms with Gasteiger partial charge in [0.1, 0.15) is 0 Å². The van der Waals surface area contributed by atoms with Gasteiger partial charge in [-0.3, -0.25) is 14.5 Å². The van der Waals surface area contributed by atoms with Crippen molar-refractivity contribution in [2.75, 3.05) is 18.0 Å². The van der Waals surface area contributed by atoms with E-state index in [1.807, 2.05) is 49.6 Å². The fraction of sp³-hybridized carbons (Fsp3) is 0.350. The maximum Gasteiger partial charge on any atom is 0.246 e. The predicted molar refractivity (Wildman–Crippen MR) is 107 cm³/mol. The summed E-state index contributed by atoms with van der Waals surface area (Å²) in [5.41, 5.74) is 1.42. The molecule has 0 spiro atoms. The van der Waals surface area contributed by atoms with E-state index in [0.29, 0.717) is 23.9 Å². The van der Waals surface area contributed by atoms with Gasteiger partial charge in [0.15, 0.2) is 5.13 Å². The number of anilines is 2. The molecule has 7 heteroatoms. The van der Waals surface area contributed by atoms with Crippen molar-refractivity contribution in [3.63, 3.8) is 0 Å². The Labute approximate surface area is 163 Å². The summed E-state index contributed by atoms with van der Waals surface area (Å²) in [6.07, 6.45) is 3.29. The summed E-state index contributed by atoms with van der Waals surface area (Å²) in [4.78, 5) is 32.4. The zero-order valence-electron chi connectivity index (χ0n) is 15.7. The van der Waals surface area contributed by atoms with Crippen LogP contribution in [0.25, 0.3) is 6.08 Å². The average molecular weight is 385 g/mol. The summed E-state index contributed by atoms with van der Waals surface area (Å²) in [5, 5.41) is 2.41. The molecule has 1 aromatic carbocycles. The number of carbonyl (C=O) groups excluding carboxylic acids is 2. The summed E-state index contributed by atoms with van der Waals surface area (Å²) >= 11 is 1.37. The van der Waals surface area contributed by atoms with Crippen LogP contribution in [0, 0.1) is 0 Å². The van der Waals surface area contributed by atoms with Gasteiger partial charge in [-0.15, -0.1) is 11.3 Å². The first-order valence-electron chi connectivity index (χ1n) is 8.87. The molecule has 0 N–H and O–H groups in total. The molecule has 0 aliphatic carbocycles. The highest BCUT2D eigenvalue weighted by Gasteiger charge is 2.24. The highest BCUT2D eigenvalue weighted by molar-refractivity contribution is 7.14. The molecule has 142 valence electrons. The highest BCUT2D eigenvalue weighted by atomic mass is 32.1. The normalized spacial score (nSPS) is 20.0. The SMILES string of the molecule is CC(=O)N(c1ccccc1)c1nc(/C=C/C(=O)N2C[C@@H](C)O[C@@H](C)C2)cs1. The number of carbonyl (C=O) groups is 2. The quantitative estimate of drug-likeness (QED) is 0.756. The molecular formula is C20H23N3O3S. The van der Waals surface area contributed by atoms with E-state index in [1.165, 1.54) is 24.3 Å². The molecule has 0 unspecified atom stereocenters. The number of hydrogen-bond donors (Lipinski definition) is 0. The summed E-state index contributed by atoms with van der Waals surface area (Å²) < 4.78 is 5.66. The Kier molecular flexibility index (Phi) is 6.03. The minimum Gasteiger partial charge on any atom is -0.372 e. The number of aromatic nitrogens is 1. The van der Waals surface area contributed by atoms with Crippen LogP contribution in [0.2, 0.25) is 0 Å². The van der Waals surface area contributed by atoms with E-state index in [2.05, 4.69) is 4.98 Å². The first-order chi connectivity index (χ1) is 12.9. The third-order valence-corrected chi connectivity index (χ3v) is 5.00. The van der Waals surface area contributed by atoms with E-state index in [-0.39, 0.29) is 24.0 Å². The highest BCUT2D eigenvalue weighted by Crippen LogP contribution is 2.29. The second kappa shape index (κ2) is 8.45. The van der Waals surface area contributed by atoms with Gasteiger partial charge in [-0.25, -0.2) is 4.98 Å². The Hall–Kier alpha value is -2.51. The van der Waals surface area contributed by atoms with Crippen molar-refractivity contribution >= 4 is 40.0 Å². The third kappa shape index (κ3) is 4.81. The van der Waals surface area contributed by atoms with Gasteiger partial charge in [-0.2, -0.15) is 0 Å². The van der Waals surface area contributed by atoms with Crippen molar-refractivity contribution in [3.8, 4) is 0 Å². The summed E-state index contributed by atoms with van der Waals surface area (Å²) in [6.45, 7) is 6.61. The summed E-state index contributed by atoms with van der Waals surface area (Å²) in [7, 11) is 0. The van der Waals surface area contributed by atoms with Crippen LogP contribution in [0.3, 0.4) is 0 Å². The molecule has 2 heterocycles. The molecule has 1 aliphatic rings. The Morgan fingerprint density at radius 2 is 1.89 bits per heavy atom. The molecule has 1 aliphatic heterocycles. The fourth-order valence-corrected chi connectivity index (χ4v) is 3.93. The van der Waals surface area contributed by atoms with Gasteiger partial charge in [-0.1, -0.05) is 18.2 Å². The van der Waals surface area contributed by atoms with Gasteiger partial charge in [0.25, 0.3) is 0 Å². The van der Waals surface area contributed by atoms with Gasteiger partial charge in [0.05, 0.1) is 23.6 Å². The van der Waals surface area contributed by atoms with Gasteiger partial charge in [-0.05, 0) is 32.1 Å². The first kappa shape index (κ1) is 19.3. The Balaban J connectivity index is 1.72. The van der Waals surface area contributed by atoms with E-state index in [0.717, 1.165) is 5.69 Å². The minimum atomic E-state index is -0.113. The molecule has 2 amide bonds. The molecule has 1 saturated heterocycles. The second-order valence-corrected chi connectivity index (χ2v) is 7.42. The lowest BCUT2D eigenvalue weighted by molar-refractivity contribution is -0.137. The average Bonchev–Trinajstić information content (AvgIpc) is 3.08. The lowest BCUT2D eigenvalue weighted by Crippen LogP contribution is -2.47. The summed E-state index contributed by atoms with van der Waals surface area (Å²) in [6, 6.07) is 9.38. The molecule has 2 atom stereocenters. The molecule has 3 rings (SSSR count). The third-order valence-electron chi connectivity index (χ3n) is 4.16. The van der Waals surface area contributed by atoms with Crippen molar-refractivity contribution in [3.05, 3.63) is 47.5 Å². The number of amides is 2. The van der Waals surface area contributed by atoms with Crippen LogP contribution >= 0.6 is 11.3 Å². The number of thiazole rings is 1. The van der Waals surface area contributed by atoms with Crippen LogP contribution in [0.5, 0.6) is 0 Å². The standard InChI is InChI=1S/C20H23N3O3S/c1-14-11-22(12-15(2)26-14)19(25)10-9-17-13-27-20(21-17)23(16(3)24)18-7-5-4-6-8-18/h4-10,13-15H,11-12H2,1-3H3/b10-9+/t14-,15+. The van der Waals surface area contributed by atoms with Gasteiger partial charge in [0, 0.05) is 31.5 Å². The molecule has 27 heavy (non-hydrogen) atoms. The van der Waals surface area contributed by atoms with Crippen LogP contribution < -0.4 is 4.90 Å². The van der Waals surface area contributed by atoms with Crippen molar-refractivity contribution in [1.29, 1.82) is 0 Å². The van der Waals surface area contributed by atoms with Crippen molar-refractivity contribution in [2.24, 2.45) is 0 Å². The topological polar surface area (TPSA) is 62.7 Å². The molecular weight excluding hydrogens is 362 g/mol. The molecule has 1 aromatic heterocycles. The van der Waals surface area contributed by atoms with E-state index < -0.39 is 0 Å². The number of morpholine rings is 1. The van der Waals surface area contributed by atoms with Gasteiger partial charge < -0.3 is 9.64 Å². The van der Waals surface area contributed by atoms with Crippen LogP contribution in [0.4, 0.5) is 10.8 Å². The van der Waals surface area contributed by atoms with Crippen LogP contribution in [0.1, 0.15) is 26.5 Å². The van der Waals surface area contributed by atoms with Crippen LogP contribution in [0.15, 0.2) is 41.8 Å². The largest absolute Gasteiger partial charge is 0.372 e. The minimum absolute atomic E-state index is 0.0342. The van der Waals surface area contributed by atoms with Crippen molar-refractivity contribution in [2.45, 2.75) is 33.0 Å². The van der Waals surface area contributed by atoms with Gasteiger partial charge in [0.2, 0.25) is 11.8 Å². The van der Waals surface area contributed by atoms with Crippen molar-refractivity contribution < 1.29 is 14.3 Å². The number of hydrogen-bond acceptors (Lipinski definition) is 5. The molecule has 6 nitrogen and oxygen atoms in total. The number of benzene rings is 1. The predicted octanol–water partition coefficient (Wildman–Crippen LogP) is 3.48. The monoisotopic (exact) mass is 385 g/mol. The lowest BCUT2D eigenvalue weighted by atomic mass is 10.2. The maximum absolute atomic E-state index is 12.4.